The molecule has 1 atom stereocenters. The molecular weight excluding hydrogens is 478 g/mol. The maximum absolute atomic E-state index is 12.5. The van der Waals surface area contributed by atoms with E-state index in [9.17, 15) is 4.79 Å². The number of rotatable bonds is 11. The molecule has 0 saturated heterocycles. The van der Waals surface area contributed by atoms with Gasteiger partial charge in [0.2, 0.25) is 11.8 Å². The topological polar surface area (TPSA) is 113 Å². The molecule has 196 valence electrons. The normalized spacial score (nSPS) is 11.7. The highest BCUT2D eigenvalue weighted by Crippen LogP contribution is 2.29. The van der Waals surface area contributed by atoms with Gasteiger partial charge in [-0.3, -0.25) is 10.2 Å². The molecule has 38 heavy (non-hydrogen) atoms. The van der Waals surface area contributed by atoms with E-state index in [1.54, 1.807) is 0 Å². The zero-order valence-corrected chi connectivity index (χ0v) is 21.9. The molecule has 1 amide bonds. The number of carbonyl (C=O) groups excluding carboxylic acids is 1. The van der Waals surface area contributed by atoms with E-state index in [0.29, 0.717) is 42.8 Å². The lowest BCUT2D eigenvalue weighted by Gasteiger charge is -2.24. The molecule has 0 spiro atoms. The maximum atomic E-state index is 12.5. The number of ether oxygens (including phenoxy) is 1. The van der Waals surface area contributed by atoms with Crippen molar-refractivity contribution in [2.75, 3.05) is 18.5 Å². The SMILES string of the molecule is CCOC(=N)CCNC(=O)c1ccc([C@H](Nc2ccc(-c3nnc(-c4ccccc4)o3)cc2)C(C)C)cc1. The van der Waals surface area contributed by atoms with Crippen molar-refractivity contribution < 1.29 is 13.9 Å². The molecule has 0 bridgehead atoms. The second kappa shape index (κ2) is 12.7. The Morgan fingerprint density at radius 1 is 0.921 bits per heavy atom. The van der Waals surface area contributed by atoms with Gasteiger partial charge in [-0.05, 0) is 66.9 Å². The van der Waals surface area contributed by atoms with Crippen molar-refractivity contribution in [2.24, 2.45) is 5.92 Å². The van der Waals surface area contributed by atoms with Gasteiger partial charge in [0.05, 0.1) is 12.6 Å². The molecule has 3 aromatic carbocycles. The highest BCUT2D eigenvalue weighted by molar-refractivity contribution is 5.94. The molecule has 4 aromatic rings. The number of benzene rings is 3. The van der Waals surface area contributed by atoms with Crippen LogP contribution in [0.1, 0.15) is 49.2 Å². The van der Waals surface area contributed by atoms with Crippen molar-refractivity contribution >= 4 is 17.5 Å². The van der Waals surface area contributed by atoms with E-state index in [0.717, 1.165) is 22.4 Å². The van der Waals surface area contributed by atoms with Crippen molar-refractivity contribution in [3.63, 3.8) is 0 Å². The Labute approximate surface area is 223 Å². The zero-order chi connectivity index (χ0) is 26.9. The molecule has 4 rings (SSSR count). The smallest absolute Gasteiger partial charge is 0.251 e. The van der Waals surface area contributed by atoms with Crippen molar-refractivity contribution in [3.8, 4) is 22.9 Å². The lowest BCUT2D eigenvalue weighted by atomic mass is 9.94. The van der Waals surface area contributed by atoms with Crippen LogP contribution in [0.25, 0.3) is 22.9 Å². The second-order valence-corrected chi connectivity index (χ2v) is 9.21. The third-order valence-corrected chi connectivity index (χ3v) is 6.05. The summed E-state index contributed by atoms with van der Waals surface area (Å²) < 4.78 is 11.0. The van der Waals surface area contributed by atoms with E-state index in [1.807, 2.05) is 85.8 Å². The monoisotopic (exact) mass is 511 g/mol. The minimum Gasteiger partial charge on any atom is -0.481 e. The van der Waals surface area contributed by atoms with E-state index in [1.165, 1.54) is 0 Å². The van der Waals surface area contributed by atoms with Crippen LogP contribution in [0.5, 0.6) is 0 Å². The Hall–Kier alpha value is -4.46. The standard InChI is InChI=1S/C30H33N5O3/c1-4-37-26(31)18-19-32-28(36)22-12-10-21(11-13-22)27(20(2)3)33-25-16-14-24(15-17-25)30-35-34-29(38-30)23-8-6-5-7-9-23/h5-17,20,27,31,33H,4,18-19H2,1-3H3,(H,32,36)/t27-/m1/s1. The molecule has 0 radical (unpaired) electrons. The van der Waals surface area contributed by atoms with Crippen LogP contribution in [-0.4, -0.2) is 35.2 Å². The number of hydrogen-bond donors (Lipinski definition) is 3. The van der Waals surface area contributed by atoms with E-state index < -0.39 is 0 Å². The fraction of sp³-hybridized carbons (Fsp3) is 0.267. The Kier molecular flexibility index (Phi) is 8.87. The van der Waals surface area contributed by atoms with Crippen LogP contribution in [0.2, 0.25) is 0 Å². The number of nitrogens with one attached hydrogen (secondary N) is 3. The Bertz CT molecular complexity index is 1330. The summed E-state index contributed by atoms with van der Waals surface area (Å²) in [4.78, 5) is 12.5. The first-order valence-electron chi connectivity index (χ1n) is 12.8. The molecule has 1 heterocycles. The van der Waals surface area contributed by atoms with Crippen molar-refractivity contribution in [1.82, 2.24) is 15.5 Å². The minimum atomic E-state index is -0.165. The summed E-state index contributed by atoms with van der Waals surface area (Å²) in [5, 5.41) is 22.5. The molecule has 1 aromatic heterocycles. The van der Waals surface area contributed by atoms with Gasteiger partial charge in [0.1, 0.15) is 0 Å². The molecule has 8 nitrogen and oxygen atoms in total. The average Bonchev–Trinajstić information content (AvgIpc) is 3.43. The number of hydrogen-bond acceptors (Lipinski definition) is 7. The Balaban J connectivity index is 1.38. The third-order valence-electron chi connectivity index (χ3n) is 6.05. The molecule has 0 aliphatic rings. The van der Waals surface area contributed by atoms with E-state index in [4.69, 9.17) is 14.6 Å². The molecule has 3 N–H and O–H groups in total. The molecule has 0 unspecified atom stereocenters. The summed E-state index contributed by atoms with van der Waals surface area (Å²) in [6.45, 7) is 6.97. The van der Waals surface area contributed by atoms with Gasteiger partial charge in [-0.25, -0.2) is 0 Å². The van der Waals surface area contributed by atoms with Crippen LogP contribution in [0.4, 0.5) is 5.69 Å². The molecule has 8 heteroatoms. The summed E-state index contributed by atoms with van der Waals surface area (Å²) >= 11 is 0. The van der Waals surface area contributed by atoms with Crippen LogP contribution in [0.15, 0.2) is 83.3 Å². The van der Waals surface area contributed by atoms with E-state index in [2.05, 4.69) is 34.7 Å². The largest absolute Gasteiger partial charge is 0.481 e. The van der Waals surface area contributed by atoms with Gasteiger partial charge in [0.15, 0.2) is 5.90 Å². The molecular formula is C30H33N5O3. The van der Waals surface area contributed by atoms with E-state index >= 15 is 0 Å². The number of aromatic nitrogens is 2. The number of nitrogens with zero attached hydrogens (tertiary/aromatic N) is 2. The number of anilines is 1. The minimum absolute atomic E-state index is 0.0534. The van der Waals surface area contributed by atoms with Gasteiger partial charge in [-0.2, -0.15) is 0 Å². The van der Waals surface area contributed by atoms with Crippen molar-refractivity contribution in [2.45, 2.75) is 33.2 Å². The van der Waals surface area contributed by atoms with Gasteiger partial charge in [-0.1, -0.05) is 44.2 Å². The summed E-state index contributed by atoms with van der Waals surface area (Å²) in [6, 6.07) is 25.3. The van der Waals surface area contributed by atoms with Crippen LogP contribution >= 0.6 is 0 Å². The quantitative estimate of drug-likeness (QED) is 0.160. The maximum Gasteiger partial charge on any atom is 0.251 e. The number of amides is 1. The van der Waals surface area contributed by atoms with Crippen molar-refractivity contribution in [3.05, 3.63) is 90.0 Å². The average molecular weight is 512 g/mol. The fourth-order valence-corrected chi connectivity index (χ4v) is 4.04. The molecule has 0 aliphatic heterocycles. The second-order valence-electron chi connectivity index (χ2n) is 9.21. The van der Waals surface area contributed by atoms with Crippen LogP contribution < -0.4 is 10.6 Å². The first-order valence-corrected chi connectivity index (χ1v) is 12.8. The van der Waals surface area contributed by atoms with Gasteiger partial charge < -0.3 is 19.8 Å². The predicted molar refractivity (Wildman–Crippen MR) is 149 cm³/mol. The Morgan fingerprint density at radius 3 is 2.16 bits per heavy atom. The van der Waals surface area contributed by atoms with Gasteiger partial charge in [0, 0.05) is 35.3 Å². The first-order chi connectivity index (χ1) is 18.4. The van der Waals surface area contributed by atoms with Gasteiger partial charge in [-0.15, -0.1) is 10.2 Å². The predicted octanol–water partition coefficient (Wildman–Crippen LogP) is 6.35. The summed E-state index contributed by atoms with van der Waals surface area (Å²) in [5.74, 6) is 1.28. The summed E-state index contributed by atoms with van der Waals surface area (Å²) in [5.41, 5.74) is 4.36. The Morgan fingerprint density at radius 2 is 1.55 bits per heavy atom. The molecule has 0 fully saturated rings. The van der Waals surface area contributed by atoms with Gasteiger partial charge in [0.25, 0.3) is 5.91 Å². The molecule has 0 aliphatic carbocycles. The lowest BCUT2D eigenvalue weighted by Crippen LogP contribution is -2.26. The van der Waals surface area contributed by atoms with Crippen LogP contribution in [0, 0.1) is 11.3 Å². The lowest BCUT2D eigenvalue weighted by molar-refractivity contribution is 0.0954. The van der Waals surface area contributed by atoms with Crippen LogP contribution in [0.3, 0.4) is 0 Å². The highest BCUT2D eigenvalue weighted by atomic mass is 16.5. The fourth-order valence-electron chi connectivity index (χ4n) is 4.04. The zero-order valence-electron chi connectivity index (χ0n) is 21.9. The van der Waals surface area contributed by atoms with Gasteiger partial charge >= 0.3 is 0 Å². The van der Waals surface area contributed by atoms with Crippen LogP contribution in [-0.2, 0) is 4.74 Å². The number of carbonyl (C=O) groups is 1. The molecule has 0 saturated carbocycles. The highest BCUT2D eigenvalue weighted by Gasteiger charge is 2.17. The summed E-state index contributed by atoms with van der Waals surface area (Å²) in [6.07, 6.45) is 0.372. The first kappa shape index (κ1) is 26.6. The third kappa shape index (κ3) is 6.85. The van der Waals surface area contributed by atoms with E-state index in [-0.39, 0.29) is 17.8 Å². The van der Waals surface area contributed by atoms with Crippen molar-refractivity contribution in [1.29, 1.82) is 5.41 Å². The summed E-state index contributed by atoms with van der Waals surface area (Å²) in [7, 11) is 0.